The highest BCUT2D eigenvalue weighted by atomic mass is 16.7. The van der Waals surface area contributed by atoms with Crippen LogP contribution in [0, 0.1) is 13.8 Å². The Morgan fingerprint density at radius 2 is 1.67 bits per heavy atom. The molecule has 0 saturated carbocycles. The van der Waals surface area contributed by atoms with Crippen molar-refractivity contribution in [1.82, 2.24) is 0 Å². The maximum Gasteiger partial charge on any atom is 0.173 e. The van der Waals surface area contributed by atoms with E-state index in [1.54, 1.807) is 14.2 Å². The molecular weight excluding hydrogens is 190 g/mol. The molecule has 0 aliphatic carbocycles. The number of methoxy groups -OCH3 is 2. The van der Waals surface area contributed by atoms with Gasteiger partial charge in [-0.05, 0) is 25.0 Å². The molecule has 0 fully saturated rings. The number of nitrogens with one attached hydrogen (secondary N) is 1. The molecule has 0 aliphatic heterocycles. The van der Waals surface area contributed by atoms with Crippen LogP contribution in [0.5, 0.6) is 0 Å². The fraction of sp³-hybridized carbons (Fsp3) is 0.500. The van der Waals surface area contributed by atoms with Crippen molar-refractivity contribution < 1.29 is 9.47 Å². The first-order chi connectivity index (χ1) is 7.19. The third-order valence-electron chi connectivity index (χ3n) is 2.45. The molecule has 0 unspecified atom stereocenters. The van der Waals surface area contributed by atoms with E-state index < -0.39 is 0 Å². The lowest BCUT2D eigenvalue weighted by Crippen LogP contribution is -2.24. The number of hydrogen-bond donors (Lipinski definition) is 1. The summed E-state index contributed by atoms with van der Waals surface area (Å²) >= 11 is 0. The molecule has 3 nitrogen and oxygen atoms in total. The largest absolute Gasteiger partial charge is 0.380 e. The van der Waals surface area contributed by atoms with Crippen molar-refractivity contribution in [1.29, 1.82) is 0 Å². The van der Waals surface area contributed by atoms with E-state index in [9.17, 15) is 0 Å². The van der Waals surface area contributed by atoms with E-state index in [1.807, 2.05) is 0 Å². The number of aryl methyl sites for hydroxylation is 2. The predicted molar refractivity (Wildman–Crippen MR) is 62.2 cm³/mol. The minimum atomic E-state index is -0.205. The molecule has 1 aromatic rings. The van der Waals surface area contributed by atoms with Gasteiger partial charge in [0, 0.05) is 19.9 Å². The number of hydrogen-bond acceptors (Lipinski definition) is 3. The fourth-order valence-corrected chi connectivity index (χ4v) is 1.54. The third-order valence-corrected chi connectivity index (χ3v) is 2.45. The number of anilines is 1. The van der Waals surface area contributed by atoms with Crippen LogP contribution in [0.2, 0.25) is 0 Å². The van der Waals surface area contributed by atoms with Gasteiger partial charge in [-0.1, -0.05) is 18.2 Å². The maximum atomic E-state index is 5.12. The van der Waals surface area contributed by atoms with Gasteiger partial charge in [-0.2, -0.15) is 0 Å². The molecule has 84 valence electrons. The van der Waals surface area contributed by atoms with Crippen LogP contribution in [0.3, 0.4) is 0 Å². The summed E-state index contributed by atoms with van der Waals surface area (Å²) < 4.78 is 10.2. The van der Waals surface area contributed by atoms with Crippen molar-refractivity contribution in [2.75, 3.05) is 26.1 Å². The second-order valence-corrected chi connectivity index (χ2v) is 3.55. The summed E-state index contributed by atoms with van der Waals surface area (Å²) in [6.07, 6.45) is -0.205. The van der Waals surface area contributed by atoms with E-state index in [1.165, 1.54) is 11.1 Å². The fourth-order valence-electron chi connectivity index (χ4n) is 1.54. The molecule has 1 N–H and O–H groups in total. The molecule has 0 amide bonds. The van der Waals surface area contributed by atoms with Gasteiger partial charge in [-0.3, -0.25) is 0 Å². The summed E-state index contributed by atoms with van der Waals surface area (Å²) in [5.74, 6) is 0. The lowest BCUT2D eigenvalue weighted by molar-refractivity contribution is -0.0914. The van der Waals surface area contributed by atoms with Gasteiger partial charge >= 0.3 is 0 Å². The summed E-state index contributed by atoms with van der Waals surface area (Å²) in [7, 11) is 3.28. The van der Waals surface area contributed by atoms with Gasteiger partial charge < -0.3 is 14.8 Å². The molecule has 0 atom stereocenters. The van der Waals surface area contributed by atoms with Gasteiger partial charge in [0.15, 0.2) is 6.29 Å². The van der Waals surface area contributed by atoms with E-state index in [4.69, 9.17) is 9.47 Å². The quantitative estimate of drug-likeness (QED) is 0.755. The van der Waals surface area contributed by atoms with Crippen LogP contribution in [-0.2, 0) is 9.47 Å². The molecule has 1 rings (SSSR count). The summed E-state index contributed by atoms with van der Waals surface area (Å²) in [4.78, 5) is 0. The van der Waals surface area contributed by atoms with Gasteiger partial charge in [0.25, 0.3) is 0 Å². The zero-order valence-corrected chi connectivity index (χ0v) is 9.83. The van der Waals surface area contributed by atoms with Gasteiger partial charge in [0.05, 0.1) is 6.54 Å². The van der Waals surface area contributed by atoms with Crippen LogP contribution >= 0.6 is 0 Å². The van der Waals surface area contributed by atoms with Gasteiger partial charge in [-0.15, -0.1) is 0 Å². The zero-order chi connectivity index (χ0) is 11.3. The van der Waals surface area contributed by atoms with Crippen molar-refractivity contribution in [2.45, 2.75) is 20.1 Å². The standard InChI is InChI=1S/C12H19NO2/c1-9-6-5-7-10(2)12(9)13-8-11(14-3)15-4/h5-7,11,13H,8H2,1-4H3. The highest BCUT2D eigenvalue weighted by molar-refractivity contribution is 5.56. The first kappa shape index (κ1) is 12.0. The molecule has 1 aromatic carbocycles. The first-order valence-electron chi connectivity index (χ1n) is 5.04. The van der Waals surface area contributed by atoms with E-state index in [0.717, 1.165) is 5.69 Å². The van der Waals surface area contributed by atoms with Gasteiger partial charge in [0.1, 0.15) is 0 Å². The molecule has 15 heavy (non-hydrogen) atoms. The Labute approximate surface area is 91.4 Å². The highest BCUT2D eigenvalue weighted by Gasteiger charge is 2.06. The predicted octanol–water partition coefficient (Wildman–Crippen LogP) is 2.33. The molecule has 0 aromatic heterocycles. The zero-order valence-electron chi connectivity index (χ0n) is 9.83. The number of rotatable bonds is 5. The van der Waals surface area contributed by atoms with Crippen LogP contribution in [0.25, 0.3) is 0 Å². The van der Waals surface area contributed by atoms with Gasteiger partial charge in [-0.25, -0.2) is 0 Å². The Morgan fingerprint density at radius 1 is 1.13 bits per heavy atom. The van der Waals surface area contributed by atoms with Crippen LogP contribution < -0.4 is 5.32 Å². The topological polar surface area (TPSA) is 30.5 Å². The molecule has 0 heterocycles. The summed E-state index contributed by atoms with van der Waals surface area (Å²) in [5, 5.41) is 3.33. The molecule has 0 radical (unpaired) electrons. The molecule has 0 aliphatic rings. The van der Waals surface area contributed by atoms with Crippen molar-refractivity contribution >= 4 is 5.69 Å². The second kappa shape index (κ2) is 5.73. The van der Waals surface area contributed by atoms with Crippen molar-refractivity contribution in [3.05, 3.63) is 29.3 Å². The average Bonchev–Trinajstić information content (AvgIpc) is 2.23. The van der Waals surface area contributed by atoms with Crippen molar-refractivity contribution in [3.63, 3.8) is 0 Å². The van der Waals surface area contributed by atoms with Crippen LogP contribution in [0.4, 0.5) is 5.69 Å². The van der Waals surface area contributed by atoms with Crippen LogP contribution in [0.15, 0.2) is 18.2 Å². The second-order valence-electron chi connectivity index (χ2n) is 3.55. The van der Waals surface area contributed by atoms with E-state index in [0.29, 0.717) is 6.54 Å². The summed E-state index contributed by atoms with van der Waals surface area (Å²) in [5.41, 5.74) is 3.64. The Balaban J connectivity index is 2.64. The lowest BCUT2D eigenvalue weighted by Gasteiger charge is -2.17. The van der Waals surface area contributed by atoms with Crippen molar-refractivity contribution in [3.8, 4) is 0 Å². The average molecular weight is 209 g/mol. The number of benzene rings is 1. The lowest BCUT2D eigenvalue weighted by atomic mass is 10.1. The van der Waals surface area contributed by atoms with Crippen molar-refractivity contribution in [2.24, 2.45) is 0 Å². The summed E-state index contributed by atoms with van der Waals surface area (Å²) in [6.45, 7) is 4.83. The third kappa shape index (κ3) is 3.22. The Hall–Kier alpha value is -1.06. The minimum Gasteiger partial charge on any atom is -0.380 e. The van der Waals surface area contributed by atoms with Gasteiger partial charge in [0.2, 0.25) is 0 Å². The SMILES string of the molecule is COC(CNc1c(C)cccc1C)OC. The van der Waals surface area contributed by atoms with E-state index in [2.05, 4.69) is 37.4 Å². The highest BCUT2D eigenvalue weighted by Crippen LogP contribution is 2.19. The molecule has 0 saturated heterocycles. The molecule has 0 spiro atoms. The molecule has 3 heteroatoms. The Kier molecular flexibility index (Phi) is 4.59. The Bertz CT molecular complexity index is 288. The monoisotopic (exact) mass is 209 g/mol. The molecular formula is C12H19NO2. The summed E-state index contributed by atoms with van der Waals surface area (Å²) in [6, 6.07) is 6.23. The van der Waals surface area contributed by atoms with E-state index in [-0.39, 0.29) is 6.29 Å². The number of para-hydroxylation sites is 1. The minimum absolute atomic E-state index is 0.205. The molecule has 0 bridgehead atoms. The smallest absolute Gasteiger partial charge is 0.173 e. The van der Waals surface area contributed by atoms with Crippen LogP contribution in [0.1, 0.15) is 11.1 Å². The maximum absolute atomic E-state index is 5.12. The van der Waals surface area contributed by atoms with Crippen LogP contribution in [-0.4, -0.2) is 27.1 Å². The normalized spacial score (nSPS) is 10.7. The first-order valence-corrected chi connectivity index (χ1v) is 5.04. The number of ether oxygens (including phenoxy) is 2. The van der Waals surface area contributed by atoms with E-state index >= 15 is 0 Å². The Morgan fingerprint density at radius 3 is 2.13 bits per heavy atom.